The first-order valence-electron chi connectivity index (χ1n) is 5.12. The van der Waals surface area contributed by atoms with Gasteiger partial charge in [-0.05, 0) is 17.7 Å². The van der Waals surface area contributed by atoms with Crippen LogP contribution in [0, 0.1) is 5.82 Å². The van der Waals surface area contributed by atoms with Crippen LogP contribution >= 0.6 is 0 Å². The predicted molar refractivity (Wildman–Crippen MR) is 66.0 cm³/mol. The summed E-state index contributed by atoms with van der Waals surface area (Å²) in [5.41, 5.74) is 6.21. The molecule has 8 heteroatoms. The second-order valence-electron chi connectivity index (χ2n) is 3.87. The lowest BCUT2D eigenvalue weighted by Gasteiger charge is -2.10. The maximum absolute atomic E-state index is 14.0. The molecule has 0 saturated carbocycles. The summed E-state index contributed by atoms with van der Waals surface area (Å²) in [6.45, 7) is 0. The van der Waals surface area contributed by atoms with Crippen molar-refractivity contribution in [2.45, 2.75) is 4.90 Å². The first kappa shape index (κ1) is 13.3. The molecule has 0 saturated heterocycles. The number of rotatable bonds is 3. The van der Waals surface area contributed by atoms with Gasteiger partial charge in [-0.2, -0.15) is 0 Å². The minimum absolute atomic E-state index is 0.00792. The van der Waals surface area contributed by atoms with Crippen LogP contribution in [-0.2, 0) is 9.84 Å². The Hall–Kier alpha value is -2.09. The number of anilines is 1. The number of halogens is 1. The van der Waals surface area contributed by atoms with E-state index in [0.29, 0.717) is 11.1 Å². The van der Waals surface area contributed by atoms with E-state index < -0.39 is 20.5 Å². The van der Waals surface area contributed by atoms with Crippen molar-refractivity contribution < 1.29 is 22.1 Å². The van der Waals surface area contributed by atoms with Crippen LogP contribution in [0.2, 0.25) is 0 Å². The van der Waals surface area contributed by atoms with E-state index in [0.717, 1.165) is 12.3 Å². The molecule has 0 unspecified atom stereocenters. The fraction of sp³-hybridized carbons (Fsp3) is 0.182. The van der Waals surface area contributed by atoms with E-state index in [1.807, 2.05) is 0 Å². The zero-order valence-electron chi connectivity index (χ0n) is 10.2. The third-order valence-corrected chi connectivity index (χ3v) is 3.65. The van der Waals surface area contributed by atoms with Gasteiger partial charge in [0.15, 0.2) is 9.84 Å². The fourth-order valence-electron chi connectivity index (χ4n) is 1.70. The minimum atomic E-state index is -3.74. The Balaban J connectivity index is 2.71. The summed E-state index contributed by atoms with van der Waals surface area (Å²) in [7, 11) is -2.49. The highest BCUT2D eigenvalue weighted by Crippen LogP contribution is 2.34. The number of benzene rings is 1. The molecule has 1 aromatic heterocycles. The van der Waals surface area contributed by atoms with Crippen LogP contribution in [0.15, 0.2) is 27.7 Å². The Kier molecular flexibility index (Phi) is 3.19. The number of methoxy groups -OCH3 is 1. The first-order valence-corrected chi connectivity index (χ1v) is 7.02. The monoisotopic (exact) mass is 286 g/mol. The highest BCUT2D eigenvalue weighted by Gasteiger charge is 2.22. The lowest BCUT2D eigenvalue weighted by atomic mass is 10.1. The summed E-state index contributed by atoms with van der Waals surface area (Å²) < 4.78 is 46.6. The minimum Gasteiger partial charge on any atom is -0.495 e. The molecule has 2 aromatic rings. The van der Waals surface area contributed by atoms with Gasteiger partial charge in [0.2, 0.25) is 5.88 Å². The number of nitrogens with two attached hydrogens (primary N) is 1. The standard InChI is InChI=1S/C11H11FN2O4S/c1-17-9-4-6(7-5-14-18-11(7)13)3-8(12)10(9)19(2,15)16/h3-5H,13H2,1-2H3. The molecule has 1 heterocycles. The first-order chi connectivity index (χ1) is 8.84. The normalized spacial score (nSPS) is 11.5. The van der Waals surface area contributed by atoms with Crippen molar-refractivity contribution >= 4 is 15.7 Å². The molecule has 0 aliphatic rings. The maximum Gasteiger partial charge on any atom is 0.229 e. The van der Waals surface area contributed by atoms with Crippen LogP contribution in [0.1, 0.15) is 0 Å². The van der Waals surface area contributed by atoms with E-state index in [2.05, 4.69) is 9.68 Å². The van der Waals surface area contributed by atoms with Crippen LogP contribution in [0.4, 0.5) is 10.3 Å². The molecule has 0 atom stereocenters. The summed E-state index contributed by atoms with van der Waals surface area (Å²) in [5.74, 6) is -1.01. The zero-order valence-corrected chi connectivity index (χ0v) is 11.0. The van der Waals surface area contributed by atoms with E-state index >= 15 is 0 Å². The summed E-state index contributed by atoms with van der Waals surface area (Å²) in [4.78, 5) is -0.492. The van der Waals surface area contributed by atoms with E-state index in [1.165, 1.54) is 19.4 Å². The van der Waals surface area contributed by atoms with E-state index in [1.54, 1.807) is 0 Å². The van der Waals surface area contributed by atoms with Gasteiger partial charge in [-0.25, -0.2) is 12.8 Å². The van der Waals surface area contributed by atoms with Gasteiger partial charge < -0.3 is 15.0 Å². The van der Waals surface area contributed by atoms with Crippen LogP contribution in [-0.4, -0.2) is 26.9 Å². The number of sulfone groups is 1. The van der Waals surface area contributed by atoms with Gasteiger partial charge >= 0.3 is 0 Å². The van der Waals surface area contributed by atoms with Gasteiger partial charge in [0.1, 0.15) is 16.5 Å². The van der Waals surface area contributed by atoms with Crippen LogP contribution in [0.5, 0.6) is 5.75 Å². The van der Waals surface area contributed by atoms with Crippen molar-refractivity contribution in [1.29, 1.82) is 0 Å². The van der Waals surface area contributed by atoms with Crippen molar-refractivity contribution in [1.82, 2.24) is 5.16 Å². The van der Waals surface area contributed by atoms with E-state index in [-0.39, 0.29) is 11.6 Å². The summed E-state index contributed by atoms with van der Waals surface area (Å²) >= 11 is 0. The van der Waals surface area contributed by atoms with Gasteiger partial charge in [-0.15, -0.1) is 0 Å². The SMILES string of the molecule is COc1cc(-c2cnoc2N)cc(F)c1S(C)(=O)=O. The average molecular weight is 286 g/mol. The van der Waals surface area contributed by atoms with Crippen LogP contribution in [0.3, 0.4) is 0 Å². The molecule has 2 rings (SSSR count). The summed E-state index contributed by atoms with van der Waals surface area (Å²) in [6.07, 6.45) is 2.21. The number of ether oxygens (including phenoxy) is 1. The quantitative estimate of drug-likeness (QED) is 0.918. The Labute approximate surface area is 108 Å². The molecule has 0 radical (unpaired) electrons. The Bertz CT molecular complexity index is 724. The molecule has 2 N–H and O–H groups in total. The van der Waals surface area contributed by atoms with Gasteiger partial charge in [0.25, 0.3) is 0 Å². The lowest BCUT2D eigenvalue weighted by Crippen LogP contribution is -2.04. The number of nitrogens with zero attached hydrogens (tertiary/aromatic N) is 1. The fourth-order valence-corrected chi connectivity index (χ4v) is 2.62. The van der Waals surface area contributed by atoms with Gasteiger partial charge in [0.05, 0.1) is 18.9 Å². The topological polar surface area (TPSA) is 95.4 Å². The van der Waals surface area contributed by atoms with Gasteiger partial charge in [0, 0.05) is 6.26 Å². The molecule has 0 aliphatic heterocycles. The number of hydrogen-bond acceptors (Lipinski definition) is 6. The third-order valence-electron chi connectivity index (χ3n) is 2.51. The largest absolute Gasteiger partial charge is 0.495 e. The molecule has 102 valence electrons. The molecule has 0 amide bonds. The van der Waals surface area contributed by atoms with Crippen molar-refractivity contribution in [3.8, 4) is 16.9 Å². The molecule has 0 fully saturated rings. The smallest absolute Gasteiger partial charge is 0.229 e. The molecule has 6 nitrogen and oxygen atoms in total. The van der Waals surface area contributed by atoms with Gasteiger partial charge in [-0.3, -0.25) is 0 Å². The van der Waals surface area contributed by atoms with Gasteiger partial charge in [-0.1, -0.05) is 5.16 Å². The van der Waals surface area contributed by atoms with E-state index in [4.69, 9.17) is 10.5 Å². The third kappa shape index (κ3) is 2.39. The molecular weight excluding hydrogens is 275 g/mol. The molecule has 0 aliphatic carbocycles. The Morgan fingerprint density at radius 1 is 1.42 bits per heavy atom. The number of hydrogen-bond donors (Lipinski definition) is 1. The predicted octanol–water partition coefficient (Wildman–Crippen LogP) is 1.48. The highest BCUT2D eigenvalue weighted by molar-refractivity contribution is 7.90. The average Bonchev–Trinajstić information content (AvgIpc) is 2.72. The maximum atomic E-state index is 14.0. The van der Waals surface area contributed by atoms with Crippen LogP contribution < -0.4 is 10.5 Å². The Morgan fingerprint density at radius 3 is 2.58 bits per heavy atom. The zero-order chi connectivity index (χ0) is 14.2. The molecule has 0 spiro atoms. The van der Waals surface area contributed by atoms with Crippen LogP contribution in [0.25, 0.3) is 11.1 Å². The summed E-state index contributed by atoms with van der Waals surface area (Å²) in [6, 6.07) is 2.41. The second kappa shape index (κ2) is 4.54. The molecule has 0 bridgehead atoms. The number of nitrogen functional groups attached to an aromatic ring is 1. The van der Waals surface area contributed by atoms with Crippen molar-refractivity contribution in [2.24, 2.45) is 0 Å². The summed E-state index contributed by atoms with van der Waals surface area (Å²) in [5, 5.41) is 3.47. The second-order valence-corrected chi connectivity index (χ2v) is 5.82. The van der Waals surface area contributed by atoms with E-state index in [9.17, 15) is 12.8 Å². The Morgan fingerprint density at radius 2 is 2.11 bits per heavy atom. The van der Waals surface area contributed by atoms with Crippen molar-refractivity contribution in [2.75, 3.05) is 19.1 Å². The molecule has 19 heavy (non-hydrogen) atoms. The van der Waals surface area contributed by atoms with Crippen molar-refractivity contribution in [3.63, 3.8) is 0 Å². The highest BCUT2D eigenvalue weighted by atomic mass is 32.2. The number of aromatic nitrogens is 1. The van der Waals surface area contributed by atoms with Crippen molar-refractivity contribution in [3.05, 3.63) is 24.1 Å². The lowest BCUT2D eigenvalue weighted by molar-refractivity contribution is 0.395. The molecular formula is C11H11FN2O4S. The molecule has 1 aromatic carbocycles.